The fourth-order valence-electron chi connectivity index (χ4n) is 1.68. The quantitative estimate of drug-likeness (QED) is 0.825. The molecule has 1 amide bonds. The minimum atomic E-state index is -1.01. The molecule has 0 unspecified atom stereocenters. The molecule has 0 aromatic carbocycles. The zero-order chi connectivity index (χ0) is 13.1. The van der Waals surface area contributed by atoms with Gasteiger partial charge in [-0.1, -0.05) is 11.6 Å². The van der Waals surface area contributed by atoms with Gasteiger partial charge in [0.15, 0.2) is 0 Å². The second kappa shape index (κ2) is 5.35. The van der Waals surface area contributed by atoms with Gasteiger partial charge in [0, 0.05) is 12.7 Å². The van der Waals surface area contributed by atoms with E-state index in [0.29, 0.717) is 23.2 Å². The standard InChI is InChI=1S/C12H13ClN2O3/c13-10-4-3-9(5-14-10)12(18)15(7-11(16)17)6-8-1-2-8/h3-5,8H,1-2,6-7H2,(H,16,17). The van der Waals surface area contributed by atoms with Crippen molar-refractivity contribution in [3.8, 4) is 0 Å². The molecule has 0 aliphatic heterocycles. The van der Waals surface area contributed by atoms with Crippen molar-refractivity contribution in [3.63, 3.8) is 0 Å². The molecule has 1 N–H and O–H groups in total. The maximum absolute atomic E-state index is 12.1. The Balaban J connectivity index is 2.10. The number of hydrogen-bond acceptors (Lipinski definition) is 3. The molecule has 1 heterocycles. The van der Waals surface area contributed by atoms with Crippen molar-refractivity contribution in [2.45, 2.75) is 12.8 Å². The molecule has 1 aromatic rings. The molecular weight excluding hydrogens is 256 g/mol. The van der Waals surface area contributed by atoms with Gasteiger partial charge >= 0.3 is 5.97 Å². The van der Waals surface area contributed by atoms with Gasteiger partial charge < -0.3 is 10.0 Å². The Kier molecular flexibility index (Phi) is 3.81. The molecule has 0 spiro atoms. The number of amides is 1. The lowest BCUT2D eigenvalue weighted by Gasteiger charge is -2.20. The van der Waals surface area contributed by atoms with E-state index in [1.165, 1.54) is 17.2 Å². The van der Waals surface area contributed by atoms with Gasteiger partial charge in [-0.05, 0) is 30.9 Å². The minimum Gasteiger partial charge on any atom is -0.480 e. The highest BCUT2D eigenvalue weighted by atomic mass is 35.5. The van der Waals surface area contributed by atoms with Crippen molar-refractivity contribution in [2.24, 2.45) is 5.92 Å². The maximum Gasteiger partial charge on any atom is 0.323 e. The molecule has 6 heteroatoms. The Bertz CT molecular complexity index is 457. The zero-order valence-electron chi connectivity index (χ0n) is 9.67. The summed E-state index contributed by atoms with van der Waals surface area (Å²) in [7, 11) is 0. The van der Waals surface area contributed by atoms with Gasteiger partial charge in [-0.2, -0.15) is 0 Å². The van der Waals surface area contributed by atoms with Crippen molar-refractivity contribution in [2.75, 3.05) is 13.1 Å². The van der Waals surface area contributed by atoms with Gasteiger partial charge in [-0.3, -0.25) is 9.59 Å². The molecule has 18 heavy (non-hydrogen) atoms. The summed E-state index contributed by atoms with van der Waals surface area (Å²) in [5.74, 6) is -0.882. The molecule has 1 aromatic heterocycles. The van der Waals surface area contributed by atoms with Crippen LogP contribution < -0.4 is 0 Å². The van der Waals surface area contributed by atoms with Crippen LogP contribution in [0.4, 0.5) is 0 Å². The number of aliphatic carboxylic acids is 1. The SMILES string of the molecule is O=C(O)CN(CC1CC1)C(=O)c1ccc(Cl)nc1. The Labute approximate surface area is 109 Å². The van der Waals surface area contributed by atoms with Crippen molar-refractivity contribution in [1.29, 1.82) is 0 Å². The van der Waals surface area contributed by atoms with Gasteiger partial charge in [0.2, 0.25) is 0 Å². The molecule has 0 radical (unpaired) electrons. The molecule has 96 valence electrons. The van der Waals surface area contributed by atoms with Gasteiger partial charge in [0.05, 0.1) is 5.56 Å². The van der Waals surface area contributed by atoms with E-state index in [4.69, 9.17) is 16.7 Å². The maximum atomic E-state index is 12.1. The lowest BCUT2D eigenvalue weighted by Crippen LogP contribution is -2.37. The number of hydrogen-bond donors (Lipinski definition) is 1. The van der Waals surface area contributed by atoms with E-state index in [2.05, 4.69) is 4.98 Å². The summed E-state index contributed by atoms with van der Waals surface area (Å²) < 4.78 is 0. The molecule has 0 bridgehead atoms. The fraction of sp³-hybridized carbons (Fsp3) is 0.417. The highest BCUT2D eigenvalue weighted by Gasteiger charge is 2.28. The van der Waals surface area contributed by atoms with Crippen molar-refractivity contribution in [1.82, 2.24) is 9.88 Å². The van der Waals surface area contributed by atoms with Crippen LogP contribution in [0, 0.1) is 5.92 Å². The second-order valence-corrected chi connectivity index (χ2v) is 4.78. The van der Waals surface area contributed by atoms with E-state index in [1.54, 1.807) is 6.07 Å². The summed E-state index contributed by atoms with van der Waals surface area (Å²) in [4.78, 5) is 28.1. The van der Waals surface area contributed by atoms with Gasteiger partial charge in [0.25, 0.3) is 5.91 Å². The van der Waals surface area contributed by atoms with E-state index in [1.807, 2.05) is 0 Å². The van der Waals surface area contributed by atoms with E-state index in [9.17, 15) is 9.59 Å². The largest absolute Gasteiger partial charge is 0.480 e. The fourth-order valence-corrected chi connectivity index (χ4v) is 1.79. The Morgan fingerprint density at radius 2 is 2.17 bits per heavy atom. The van der Waals surface area contributed by atoms with Crippen molar-refractivity contribution < 1.29 is 14.7 Å². The molecule has 1 saturated carbocycles. The van der Waals surface area contributed by atoms with Crippen LogP contribution in [0.1, 0.15) is 23.2 Å². The van der Waals surface area contributed by atoms with Gasteiger partial charge in [0.1, 0.15) is 11.7 Å². The lowest BCUT2D eigenvalue weighted by molar-refractivity contribution is -0.137. The molecule has 0 atom stereocenters. The highest BCUT2D eigenvalue weighted by Crippen LogP contribution is 2.30. The number of carboxylic acid groups (broad SMARTS) is 1. The third kappa shape index (κ3) is 3.43. The van der Waals surface area contributed by atoms with Crippen LogP contribution in [0.2, 0.25) is 5.15 Å². The average molecular weight is 269 g/mol. The van der Waals surface area contributed by atoms with Crippen molar-refractivity contribution >= 4 is 23.5 Å². The van der Waals surface area contributed by atoms with Gasteiger partial charge in [-0.15, -0.1) is 0 Å². The molecule has 1 aliphatic rings. The van der Waals surface area contributed by atoms with E-state index in [-0.39, 0.29) is 12.5 Å². The Morgan fingerprint density at radius 1 is 1.44 bits per heavy atom. The summed E-state index contributed by atoms with van der Waals surface area (Å²) in [6.07, 6.45) is 3.48. The van der Waals surface area contributed by atoms with E-state index in [0.717, 1.165) is 12.8 Å². The number of carbonyl (C=O) groups excluding carboxylic acids is 1. The van der Waals surface area contributed by atoms with E-state index >= 15 is 0 Å². The summed E-state index contributed by atoms with van der Waals surface area (Å²) >= 11 is 5.64. The topological polar surface area (TPSA) is 70.5 Å². The highest BCUT2D eigenvalue weighted by molar-refractivity contribution is 6.29. The van der Waals surface area contributed by atoms with Crippen LogP contribution in [0.15, 0.2) is 18.3 Å². The third-order valence-electron chi connectivity index (χ3n) is 2.76. The summed E-state index contributed by atoms with van der Waals surface area (Å²) in [5, 5.41) is 9.13. The number of carboxylic acids is 1. The molecule has 1 fully saturated rings. The second-order valence-electron chi connectivity index (χ2n) is 4.39. The predicted molar refractivity (Wildman–Crippen MR) is 65.5 cm³/mol. The first-order chi connectivity index (χ1) is 8.56. The van der Waals surface area contributed by atoms with Crippen LogP contribution in [0.3, 0.4) is 0 Å². The number of rotatable bonds is 5. The van der Waals surface area contributed by atoms with Crippen LogP contribution in [-0.2, 0) is 4.79 Å². The Hall–Kier alpha value is -1.62. The number of halogens is 1. The molecule has 2 rings (SSSR count). The number of nitrogens with zero attached hydrogens (tertiary/aromatic N) is 2. The first-order valence-electron chi connectivity index (χ1n) is 5.69. The average Bonchev–Trinajstić information content (AvgIpc) is 3.12. The predicted octanol–water partition coefficient (Wildman–Crippen LogP) is 1.67. The first-order valence-corrected chi connectivity index (χ1v) is 6.06. The van der Waals surface area contributed by atoms with Gasteiger partial charge in [-0.25, -0.2) is 4.98 Å². The van der Waals surface area contributed by atoms with Crippen LogP contribution >= 0.6 is 11.6 Å². The number of carbonyl (C=O) groups is 2. The van der Waals surface area contributed by atoms with Crippen molar-refractivity contribution in [3.05, 3.63) is 29.0 Å². The summed E-state index contributed by atoms with van der Waals surface area (Å²) in [6.45, 7) is 0.214. The molecular formula is C12H13ClN2O3. The molecule has 5 nitrogen and oxygen atoms in total. The number of aromatic nitrogens is 1. The Morgan fingerprint density at radius 3 is 2.67 bits per heavy atom. The minimum absolute atomic E-state index is 0.280. The van der Waals surface area contributed by atoms with E-state index < -0.39 is 5.97 Å². The molecule has 0 saturated heterocycles. The number of pyridine rings is 1. The third-order valence-corrected chi connectivity index (χ3v) is 2.99. The smallest absolute Gasteiger partial charge is 0.323 e. The van der Waals surface area contributed by atoms with Crippen LogP contribution in [0.25, 0.3) is 0 Å². The summed E-state index contributed by atoms with van der Waals surface area (Å²) in [5.41, 5.74) is 0.362. The van der Waals surface area contributed by atoms with Crippen LogP contribution in [0.5, 0.6) is 0 Å². The monoisotopic (exact) mass is 268 g/mol. The molecule has 1 aliphatic carbocycles. The summed E-state index contributed by atoms with van der Waals surface area (Å²) in [6, 6.07) is 3.07. The first kappa shape index (κ1) is 12.8. The van der Waals surface area contributed by atoms with Crippen LogP contribution in [-0.4, -0.2) is 40.0 Å². The lowest BCUT2D eigenvalue weighted by atomic mass is 10.2. The normalized spacial score (nSPS) is 14.3. The zero-order valence-corrected chi connectivity index (χ0v) is 10.4.